The van der Waals surface area contributed by atoms with Crippen LogP contribution in [0.25, 0.3) is 0 Å². The third-order valence-electron chi connectivity index (χ3n) is 2.65. The number of hydrogen-bond acceptors (Lipinski definition) is 1. The topological polar surface area (TPSA) is 12.0 Å². The number of rotatable bonds is 3. The number of anilines is 1. The number of halogens is 3. The fourth-order valence-electron chi connectivity index (χ4n) is 1.70. The molecule has 0 bridgehead atoms. The zero-order chi connectivity index (χ0) is 13.1. The summed E-state index contributed by atoms with van der Waals surface area (Å²) in [5, 5.41) is 3.34. The largest absolute Gasteiger partial charge is 0.378 e. The first-order chi connectivity index (χ1) is 8.56. The summed E-state index contributed by atoms with van der Waals surface area (Å²) >= 11 is 6.63. The molecule has 2 aromatic carbocycles. The SMILES string of the molecule is CC(Nc1ccc(F)c(Br)c1)c1cccc(Br)c1. The molecule has 1 N–H and O–H groups in total. The van der Waals surface area contributed by atoms with Crippen molar-refractivity contribution in [2.75, 3.05) is 5.32 Å². The molecule has 0 amide bonds. The second-order valence-corrected chi connectivity index (χ2v) is 5.82. The molecule has 0 spiro atoms. The van der Waals surface area contributed by atoms with Crippen LogP contribution in [0.2, 0.25) is 0 Å². The highest BCUT2D eigenvalue weighted by Crippen LogP contribution is 2.25. The number of benzene rings is 2. The quantitative estimate of drug-likeness (QED) is 0.747. The summed E-state index contributed by atoms with van der Waals surface area (Å²) in [6.07, 6.45) is 0. The van der Waals surface area contributed by atoms with Crippen molar-refractivity contribution in [3.8, 4) is 0 Å². The van der Waals surface area contributed by atoms with Gasteiger partial charge in [-0.25, -0.2) is 4.39 Å². The van der Waals surface area contributed by atoms with Crippen LogP contribution in [0.5, 0.6) is 0 Å². The van der Waals surface area contributed by atoms with Crippen molar-refractivity contribution in [2.45, 2.75) is 13.0 Å². The predicted molar refractivity (Wildman–Crippen MR) is 80.3 cm³/mol. The fourth-order valence-corrected chi connectivity index (χ4v) is 2.49. The van der Waals surface area contributed by atoms with Gasteiger partial charge in [-0.3, -0.25) is 0 Å². The molecule has 0 saturated heterocycles. The van der Waals surface area contributed by atoms with Crippen LogP contribution in [0.4, 0.5) is 10.1 Å². The van der Waals surface area contributed by atoms with Crippen molar-refractivity contribution in [3.63, 3.8) is 0 Å². The van der Waals surface area contributed by atoms with E-state index in [0.29, 0.717) is 4.47 Å². The second-order valence-electron chi connectivity index (χ2n) is 4.05. The minimum atomic E-state index is -0.254. The third kappa shape index (κ3) is 3.33. The average molecular weight is 373 g/mol. The Balaban J connectivity index is 2.16. The molecule has 0 radical (unpaired) electrons. The lowest BCUT2D eigenvalue weighted by molar-refractivity contribution is 0.621. The number of hydrogen-bond donors (Lipinski definition) is 1. The molecule has 1 unspecified atom stereocenters. The maximum atomic E-state index is 13.1. The smallest absolute Gasteiger partial charge is 0.137 e. The van der Waals surface area contributed by atoms with Gasteiger partial charge in [-0.05, 0) is 58.7 Å². The Morgan fingerprint density at radius 1 is 1.11 bits per heavy atom. The summed E-state index contributed by atoms with van der Waals surface area (Å²) in [5.41, 5.74) is 2.06. The molecular weight excluding hydrogens is 361 g/mol. The molecule has 18 heavy (non-hydrogen) atoms. The van der Waals surface area contributed by atoms with Crippen molar-refractivity contribution in [3.05, 3.63) is 62.8 Å². The normalized spacial score (nSPS) is 12.2. The van der Waals surface area contributed by atoms with Gasteiger partial charge in [0.1, 0.15) is 5.82 Å². The highest BCUT2D eigenvalue weighted by atomic mass is 79.9. The molecule has 0 aromatic heterocycles. The molecule has 2 aromatic rings. The first kappa shape index (κ1) is 13.6. The second kappa shape index (κ2) is 5.85. The van der Waals surface area contributed by atoms with Crippen molar-refractivity contribution < 1.29 is 4.39 Å². The standard InChI is InChI=1S/C14H12Br2FN/c1-9(10-3-2-4-11(15)7-10)18-12-5-6-14(17)13(16)8-12/h2-9,18H,1H3. The summed E-state index contributed by atoms with van der Waals surface area (Å²) in [4.78, 5) is 0. The van der Waals surface area contributed by atoms with Crippen molar-refractivity contribution in [2.24, 2.45) is 0 Å². The molecular formula is C14H12Br2FN. The van der Waals surface area contributed by atoms with Crippen LogP contribution in [0.3, 0.4) is 0 Å². The molecule has 1 nitrogen and oxygen atoms in total. The van der Waals surface area contributed by atoms with Gasteiger partial charge in [0.15, 0.2) is 0 Å². The molecule has 94 valence electrons. The van der Waals surface area contributed by atoms with Gasteiger partial charge in [0.05, 0.1) is 4.47 Å². The first-order valence-electron chi connectivity index (χ1n) is 5.53. The lowest BCUT2D eigenvalue weighted by atomic mass is 10.1. The molecule has 0 aliphatic rings. The highest BCUT2D eigenvalue weighted by Gasteiger charge is 2.07. The van der Waals surface area contributed by atoms with Crippen LogP contribution in [-0.2, 0) is 0 Å². The Morgan fingerprint density at radius 2 is 1.89 bits per heavy atom. The van der Waals surface area contributed by atoms with Gasteiger partial charge in [0.25, 0.3) is 0 Å². The van der Waals surface area contributed by atoms with E-state index in [1.54, 1.807) is 12.1 Å². The molecule has 2 rings (SSSR count). The van der Waals surface area contributed by atoms with Crippen LogP contribution in [0.1, 0.15) is 18.5 Å². The number of nitrogens with one attached hydrogen (secondary N) is 1. The van der Waals surface area contributed by atoms with Gasteiger partial charge < -0.3 is 5.32 Å². The summed E-state index contributed by atoms with van der Waals surface area (Å²) in [6.45, 7) is 2.07. The van der Waals surface area contributed by atoms with E-state index in [0.717, 1.165) is 10.2 Å². The van der Waals surface area contributed by atoms with Crippen molar-refractivity contribution in [1.82, 2.24) is 0 Å². The lowest BCUT2D eigenvalue weighted by Gasteiger charge is -2.16. The Labute approximate surface area is 123 Å². The van der Waals surface area contributed by atoms with E-state index in [4.69, 9.17) is 0 Å². The Morgan fingerprint density at radius 3 is 2.56 bits per heavy atom. The fraction of sp³-hybridized carbons (Fsp3) is 0.143. The van der Waals surface area contributed by atoms with Crippen molar-refractivity contribution in [1.29, 1.82) is 0 Å². The zero-order valence-electron chi connectivity index (χ0n) is 9.75. The van der Waals surface area contributed by atoms with Crippen LogP contribution >= 0.6 is 31.9 Å². The van der Waals surface area contributed by atoms with E-state index >= 15 is 0 Å². The van der Waals surface area contributed by atoms with Gasteiger partial charge >= 0.3 is 0 Å². The molecule has 0 aliphatic heterocycles. The van der Waals surface area contributed by atoms with E-state index in [1.807, 2.05) is 12.1 Å². The van der Waals surface area contributed by atoms with E-state index in [1.165, 1.54) is 11.6 Å². The third-order valence-corrected chi connectivity index (χ3v) is 3.75. The Hall–Kier alpha value is -0.870. The molecule has 1 atom stereocenters. The van der Waals surface area contributed by atoms with E-state index in [-0.39, 0.29) is 11.9 Å². The van der Waals surface area contributed by atoms with E-state index in [9.17, 15) is 4.39 Å². The summed E-state index contributed by atoms with van der Waals surface area (Å²) in [6, 6.07) is 13.2. The zero-order valence-corrected chi connectivity index (χ0v) is 12.9. The molecule has 0 fully saturated rings. The van der Waals surface area contributed by atoms with Crippen LogP contribution in [-0.4, -0.2) is 0 Å². The minimum absolute atomic E-state index is 0.153. The van der Waals surface area contributed by atoms with Crippen LogP contribution in [0, 0.1) is 5.82 Å². The summed E-state index contributed by atoms with van der Waals surface area (Å²) in [5.74, 6) is -0.254. The summed E-state index contributed by atoms with van der Waals surface area (Å²) < 4.78 is 14.6. The monoisotopic (exact) mass is 371 g/mol. The van der Waals surface area contributed by atoms with Gasteiger partial charge in [-0.1, -0.05) is 28.1 Å². The molecule has 4 heteroatoms. The molecule has 0 saturated carbocycles. The van der Waals surface area contributed by atoms with Gasteiger partial charge in [0.2, 0.25) is 0 Å². The average Bonchev–Trinajstić information content (AvgIpc) is 2.34. The Kier molecular flexibility index (Phi) is 4.40. The van der Waals surface area contributed by atoms with Crippen LogP contribution in [0.15, 0.2) is 51.4 Å². The maximum absolute atomic E-state index is 13.1. The Bertz CT molecular complexity index is 557. The van der Waals surface area contributed by atoms with Gasteiger partial charge in [-0.15, -0.1) is 0 Å². The van der Waals surface area contributed by atoms with Crippen molar-refractivity contribution >= 4 is 37.5 Å². The van der Waals surface area contributed by atoms with E-state index < -0.39 is 0 Å². The highest BCUT2D eigenvalue weighted by molar-refractivity contribution is 9.10. The minimum Gasteiger partial charge on any atom is -0.378 e. The molecule has 0 aliphatic carbocycles. The molecule has 0 heterocycles. The maximum Gasteiger partial charge on any atom is 0.137 e. The summed E-state index contributed by atoms with van der Waals surface area (Å²) in [7, 11) is 0. The lowest BCUT2D eigenvalue weighted by Crippen LogP contribution is -2.06. The first-order valence-corrected chi connectivity index (χ1v) is 7.12. The van der Waals surface area contributed by atoms with Crippen LogP contribution < -0.4 is 5.32 Å². The van der Waals surface area contributed by atoms with E-state index in [2.05, 4.69) is 56.2 Å². The van der Waals surface area contributed by atoms with Gasteiger partial charge in [-0.2, -0.15) is 0 Å². The predicted octanol–water partition coefficient (Wildman–Crippen LogP) is 5.52. The van der Waals surface area contributed by atoms with Gasteiger partial charge in [0, 0.05) is 16.2 Å².